The van der Waals surface area contributed by atoms with Crippen LogP contribution in [0.4, 0.5) is 11.4 Å². The Kier molecular flexibility index (Phi) is 3.63. The van der Waals surface area contributed by atoms with Gasteiger partial charge < -0.3 is 14.5 Å². The Hall–Kier alpha value is -1.55. The second kappa shape index (κ2) is 5.97. The van der Waals surface area contributed by atoms with E-state index in [4.69, 9.17) is 4.74 Å². The van der Waals surface area contributed by atoms with E-state index in [1.54, 1.807) is 0 Å². The molecule has 1 aromatic carbocycles. The fourth-order valence-corrected chi connectivity index (χ4v) is 7.28. The molecule has 144 valence electrons. The number of carbonyl (C=O) groups excluding carboxylic acids is 1. The summed E-state index contributed by atoms with van der Waals surface area (Å²) in [6.07, 6.45) is 8.68. The van der Waals surface area contributed by atoms with Crippen LogP contribution in [0, 0.1) is 23.2 Å². The highest BCUT2D eigenvalue weighted by molar-refractivity contribution is 6.00. The first-order valence-electron chi connectivity index (χ1n) is 11.0. The molecule has 0 N–H and O–H groups in total. The maximum Gasteiger partial charge on any atom is 0.233 e. The van der Waals surface area contributed by atoms with Crippen molar-refractivity contribution >= 4 is 17.3 Å². The minimum atomic E-state index is -0.0285. The normalized spacial score (nSPS) is 37.0. The van der Waals surface area contributed by atoms with Crippen LogP contribution in [0.15, 0.2) is 18.2 Å². The van der Waals surface area contributed by atoms with E-state index in [0.717, 1.165) is 76.3 Å². The Labute approximate surface area is 161 Å². The number of rotatable bonds is 2. The van der Waals surface area contributed by atoms with Gasteiger partial charge in [-0.25, -0.2) is 0 Å². The lowest BCUT2D eigenvalue weighted by Gasteiger charge is -2.56. The summed E-state index contributed by atoms with van der Waals surface area (Å²) in [7, 11) is 0. The van der Waals surface area contributed by atoms with E-state index in [1.165, 1.54) is 36.2 Å². The Morgan fingerprint density at radius 1 is 0.963 bits per heavy atom. The van der Waals surface area contributed by atoms with Gasteiger partial charge in [0.05, 0.1) is 18.6 Å². The lowest BCUT2D eigenvalue weighted by atomic mass is 9.49. The lowest BCUT2D eigenvalue weighted by Crippen LogP contribution is -2.54. The second-order valence-corrected chi connectivity index (χ2v) is 9.82. The molecule has 0 spiro atoms. The Morgan fingerprint density at radius 3 is 2.30 bits per heavy atom. The minimum Gasteiger partial charge on any atom is -0.378 e. The van der Waals surface area contributed by atoms with Gasteiger partial charge >= 0.3 is 0 Å². The van der Waals surface area contributed by atoms with E-state index >= 15 is 0 Å². The Balaban J connectivity index is 1.27. The van der Waals surface area contributed by atoms with Crippen LogP contribution in [-0.4, -0.2) is 38.8 Å². The van der Waals surface area contributed by atoms with Crippen molar-refractivity contribution in [3.05, 3.63) is 23.8 Å². The smallest absolute Gasteiger partial charge is 0.233 e. The van der Waals surface area contributed by atoms with E-state index in [-0.39, 0.29) is 5.41 Å². The maximum atomic E-state index is 13.7. The van der Waals surface area contributed by atoms with Crippen molar-refractivity contribution in [3.8, 4) is 0 Å². The monoisotopic (exact) mass is 366 g/mol. The minimum absolute atomic E-state index is 0.0285. The van der Waals surface area contributed by atoms with E-state index in [1.807, 2.05) is 0 Å². The Morgan fingerprint density at radius 2 is 1.63 bits per heavy atom. The van der Waals surface area contributed by atoms with Crippen LogP contribution in [0.25, 0.3) is 0 Å². The molecule has 1 amide bonds. The third-order valence-electron chi connectivity index (χ3n) is 8.07. The average Bonchev–Trinajstić information content (AvgIpc) is 3.10. The van der Waals surface area contributed by atoms with E-state index in [9.17, 15) is 4.79 Å². The van der Waals surface area contributed by atoms with Crippen LogP contribution in [0.5, 0.6) is 0 Å². The zero-order chi connectivity index (χ0) is 18.0. The summed E-state index contributed by atoms with van der Waals surface area (Å²) in [5, 5.41) is 0. The number of hydrogen-bond donors (Lipinski definition) is 0. The summed E-state index contributed by atoms with van der Waals surface area (Å²) >= 11 is 0. The summed E-state index contributed by atoms with van der Waals surface area (Å²) in [5.74, 6) is 2.93. The molecular weight excluding hydrogens is 336 g/mol. The van der Waals surface area contributed by atoms with Crippen LogP contribution in [0.1, 0.15) is 44.1 Å². The van der Waals surface area contributed by atoms with Crippen LogP contribution in [0.2, 0.25) is 0 Å². The van der Waals surface area contributed by atoms with Gasteiger partial charge in [-0.05, 0) is 86.5 Å². The van der Waals surface area contributed by atoms with Crippen molar-refractivity contribution in [2.75, 3.05) is 42.6 Å². The predicted molar refractivity (Wildman–Crippen MR) is 106 cm³/mol. The summed E-state index contributed by atoms with van der Waals surface area (Å²) in [6.45, 7) is 4.44. The molecule has 4 aliphatic carbocycles. The topological polar surface area (TPSA) is 32.8 Å². The molecule has 0 unspecified atom stereocenters. The molecule has 1 aromatic rings. The second-order valence-electron chi connectivity index (χ2n) is 9.82. The van der Waals surface area contributed by atoms with Gasteiger partial charge in [-0.2, -0.15) is 0 Å². The van der Waals surface area contributed by atoms with Gasteiger partial charge in [-0.15, -0.1) is 0 Å². The predicted octanol–water partition coefficient (Wildman–Crippen LogP) is 3.63. The molecule has 5 fully saturated rings. The van der Waals surface area contributed by atoms with Crippen molar-refractivity contribution in [3.63, 3.8) is 0 Å². The molecule has 4 bridgehead atoms. The quantitative estimate of drug-likeness (QED) is 0.801. The molecule has 0 atom stereocenters. The zero-order valence-corrected chi connectivity index (χ0v) is 16.2. The number of nitrogens with zero attached hydrogens (tertiary/aromatic N) is 2. The summed E-state index contributed by atoms with van der Waals surface area (Å²) in [5.41, 5.74) is 3.81. The molecular formula is C23H30N2O2. The summed E-state index contributed by atoms with van der Waals surface area (Å²) < 4.78 is 5.48. The molecule has 27 heavy (non-hydrogen) atoms. The van der Waals surface area contributed by atoms with Gasteiger partial charge in [0, 0.05) is 31.0 Å². The van der Waals surface area contributed by atoms with Crippen LogP contribution in [0.3, 0.4) is 0 Å². The number of hydrogen-bond acceptors (Lipinski definition) is 3. The van der Waals surface area contributed by atoms with E-state index < -0.39 is 0 Å². The number of amides is 1. The third-order valence-corrected chi connectivity index (χ3v) is 8.07. The van der Waals surface area contributed by atoms with Gasteiger partial charge in [-0.1, -0.05) is 0 Å². The molecule has 4 heteroatoms. The molecule has 4 nitrogen and oxygen atoms in total. The van der Waals surface area contributed by atoms with Gasteiger partial charge in [-0.3, -0.25) is 4.79 Å². The number of morpholine rings is 1. The van der Waals surface area contributed by atoms with Crippen molar-refractivity contribution in [2.24, 2.45) is 23.2 Å². The maximum absolute atomic E-state index is 13.7. The number of benzene rings is 1. The molecule has 2 aliphatic heterocycles. The fourth-order valence-electron chi connectivity index (χ4n) is 7.28. The summed E-state index contributed by atoms with van der Waals surface area (Å²) in [6, 6.07) is 6.76. The molecule has 7 rings (SSSR count). The number of carbonyl (C=O) groups is 1. The van der Waals surface area contributed by atoms with Crippen LogP contribution in [-0.2, 0) is 16.0 Å². The highest BCUT2D eigenvalue weighted by atomic mass is 16.5. The molecule has 0 aromatic heterocycles. The standard InChI is InChI=1S/C23H30N2O2/c26-22(23-13-16-9-17(14-23)11-18(10-16)15-23)25-4-3-19-12-20(1-2-21(19)25)24-5-7-27-8-6-24/h1-2,12,16-18H,3-11,13-15H2. The highest BCUT2D eigenvalue weighted by Gasteiger charge is 2.56. The largest absolute Gasteiger partial charge is 0.378 e. The SMILES string of the molecule is O=C(N1CCc2cc(N3CCOCC3)ccc21)C12CC3CC(CC(C3)C1)C2. The first kappa shape index (κ1) is 16.4. The molecule has 4 saturated carbocycles. The number of anilines is 2. The Bertz CT molecular complexity index is 732. The lowest BCUT2D eigenvalue weighted by molar-refractivity contribution is -0.143. The number of fused-ring (bicyclic) bond motifs is 1. The molecule has 1 saturated heterocycles. The van der Waals surface area contributed by atoms with Gasteiger partial charge in [0.25, 0.3) is 0 Å². The van der Waals surface area contributed by atoms with E-state index in [0.29, 0.717) is 5.91 Å². The van der Waals surface area contributed by atoms with Crippen molar-refractivity contribution < 1.29 is 9.53 Å². The van der Waals surface area contributed by atoms with Crippen molar-refractivity contribution in [1.82, 2.24) is 0 Å². The van der Waals surface area contributed by atoms with Gasteiger partial charge in [0.15, 0.2) is 0 Å². The fraction of sp³-hybridized carbons (Fsp3) is 0.696. The number of ether oxygens (including phenoxy) is 1. The van der Waals surface area contributed by atoms with Gasteiger partial charge in [0.2, 0.25) is 5.91 Å². The van der Waals surface area contributed by atoms with E-state index in [2.05, 4.69) is 28.0 Å². The first-order valence-corrected chi connectivity index (χ1v) is 11.0. The molecule has 6 aliphatic rings. The van der Waals surface area contributed by atoms with Crippen LogP contribution < -0.4 is 9.80 Å². The highest BCUT2D eigenvalue weighted by Crippen LogP contribution is 2.61. The van der Waals surface area contributed by atoms with Crippen molar-refractivity contribution in [1.29, 1.82) is 0 Å². The zero-order valence-electron chi connectivity index (χ0n) is 16.2. The molecule has 0 radical (unpaired) electrons. The average molecular weight is 367 g/mol. The van der Waals surface area contributed by atoms with Crippen LogP contribution >= 0.6 is 0 Å². The first-order chi connectivity index (χ1) is 13.2. The molecule has 2 heterocycles. The van der Waals surface area contributed by atoms with Gasteiger partial charge in [0.1, 0.15) is 0 Å². The van der Waals surface area contributed by atoms with Crippen molar-refractivity contribution in [2.45, 2.75) is 44.9 Å². The third kappa shape index (κ3) is 2.55. The summed E-state index contributed by atoms with van der Waals surface area (Å²) in [4.78, 5) is 18.3.